The van der Waals surface area contributed by atoms with Gasteiger partial charge in [0.25, 0.3) is 0 Å². The highest BCUT2D eigenvalue weighted by atomic mass is 16.6. The maximum Gasteiger partial charge on any atom is 0.312 e. The lowest BCUT2D eigenvalue weighted by Gasteiger charge is -2.36. The Morgan fingerprint density at radius 1 is 1.08 bits per heavy atom. The van der Waals surface area contributed by atoms with Crippen LogP contribution in [0.3, 0.4) is 0 Å². The van der Waals surface area contributed by atoms with E-state index in [0.29, 0.717) is 24.6 Å². The quantitative estimate of drug-likeness (QED) is 0.252. The van der Waals surface area contributed by atoms with Crippen LogP contribution >= 0.6 is 0 Å². The standard InChI is InChI=1S/C37H53N3O8/c1-11-24-19-37(24,34(44)46-10)20-30(41)29-17-26(47-32-27-13-12-25(45-9)16-23(27)14-15-38-32)21-40(29)33(43)28(35(2,3)4)18-31(42)48-36(5,6)22-39(7)8/h12-16,24,26,28-29H,11,17-22H2,1-10H3/t24-,26-,28-,29+,37-/m1/s1. The fourth-order valence-electron chi connectivity index (χ4n) is 7.30. The van der Waals surface area contributed by atoms with Gasteiger partial charge in [-0.2, -0.15) is 0 Å². The molecule has 1 aliphatic carbocycles. The van der Waals surface area contributed by atoms with Gasteiger partial charge in [-0.05, 0) is 75.3 Å². The lowest BCUT2D eigenvalue weighted by molar-refractivity contribution is -0.163. The van der Waals surface area contributed by atoms with Gasteiger partial charge in [-0.3, -0.25) is 19.2 Å². The van der Waals surface area contributed by atoms with E-state index in [1.54, 1.807) is 18.2 Å². The van der Waals surface area contributed by atoms with Crippen LogP contribution in [-0.2, 0) is 28.7 Å². The molecular weight excluding hydrogens is 614 g/mol. The van der Waals surface area contributed by atoms with E-state index in [-0.39, 0.29) is 43.4 Å². The average molecular weight is 668 g/mol. The largest absolute Gasteiger partial charge is 0.497 e. The number of carbonyl (C=O) groups is 4. The molecular formula is C37H53N3O8. The Kier molecular flexibility index (Phi) is 11.1. The van der Waals surface area contributed by atoms with Crippen LogP contribution in [0.1, 0.15) is 73.6 Å². The van der Waals surface area contributed by atoms with E-state index < -0.39 is 46.4 Å². The number of ketones is 1. The molecule has 4 rings (SSSR count). The van der Waals surface area contributed by atoms with Crippen molar-refractivity contribution in [2.75, 3.05) is 41.4 Å². The van der Waals surface area contributed by atoms with Gasteiger partial charge in [0.15, 0.2) is 5.78 Å². The molecule has 0 unspecified atom stereocenters. The van der Waals surface area contributed by atoms with Crippen LogP contribution in [-0.4, -0.2) is 97.6 Å². The lowest BCUT2D eigenvalue weighted by Crippen LogP contribution is -2.48. The number of Topliss-reactive ketones (excluding diaryl/α,β-unsaturated/α-hetero) is 1. The maximum absolute atomic E-state index is 14.5. The number of carbonyl (C=O) groups excluding carboxylic acids is 4. The van der Waals surface area contributed by atoms with Crippen LogP contribution in [0.4, 0.5) is 0 Å². The number of likely N-dealkylation sites (tertiary alicyclic amines) is 1. The Balaban J connectivity index is 1.64. The summed E-state index contributed by atoms with van der Waals surface area (Å²) in [4.78, 5) is 62.9. The van der Waals surface area contributed by atoms with Crippen LogP contribution in [0.15, 0.2) is 30.5 Å². The number of esters is 2. The summed E-state index contributed by atoms with van der Waals surface area (Å²) in [6, 6.07) is 6.60. The number of ether oxygens (including phenoxy) is 4. The molecule has 2 heterocycles. The molecule has 1 amide bonds. The first-order chi connectivity index (χ1) is 22.4. The van der Waals surface area contributed by atoms with Crippen molar-refractivity contribution in [3.05, 3.63) is 30.5 Å². The van der Waals surface area contributed by atoms with Crippen LogP contribution in [0.5, 0.6) is 11.6 Å². The minimum Gasteiger partial charge on any atom is -0.497 e. The molecule has 264 valence electrons. The summed E-state index contributed by atoms with van der Waals surface area (Å²) in [7, 11) is 6.75. The molecule has 1 saturated carbocycles. The Morgan fingerprint density at radius 2 is 1.79 bits per heavy atom. The smallest absolute Gasteiger partial charge is 0.312 e. The normalized spacial score (nSPS) is 23.1. The molecule has 11 nitrogen and oxygen atoms in total. The molecule has 2 aromatic rings. The minimum absolute atomic E-state index is 0.0212. The number of amides is 1. The monoisotopic (exact) mass is 667 g/mol. The second kappa shape index (κ2) is 14.4. The highest BCUT2D eigenvalue weighted by Gasteiger charge is 2.61. The minimum atomic E-state index is -0.879. The zero-order valence-corrected chi connectivity index (χ0v) is 30.3. The van der Waals surface area contributed by atoms with Gasteiger partial charge in [0.1, 0.15) is 17.5 Å². The Morgan fingerprint density at radius 3 is 2.38 bits per heavy atom. The predicted octanol–water partition coefficient (Wildman–Crippen LogP) is 5.08. The second-order valence-corrected chi connectivity index (χ2v) is 15.4. The summed E-state index contributed by atoms with van der Waals surface area (Å²) in [6.07, 6.45) is 2.48. The van der Waals surface area contributed by atoms with E-state index in [1.807, 2.05) is 84.8 Å². The van der Waals surface area contributed by atoms with Crippen molar-refractivity contribution in [1.82, 2.24) is 14.8 Å². The summed E-state index contributed by atoms with van der Waals surface area (Å²) in [5.74, 6) is -1.04. The zero-order chi connectivity index (χ0) is 35.6. The highest BCUT2D eigenvalue weighted by Crippen LogP contribution is 2.58. The number of hydrogen-bond donors (Lipinski definition) is 0. The topological polar surface area (TPSA) is 125 Å². The zero-order valence-electron chi connectivity index (χ0n) is 30.3. The average Bonchev–Trinajstić information content (AvgIpc) is 3.56. The Hall–Kier alpha value is -3.73. The van der Waals surface area contributed by atoms with E-state index >= 15 is 0 Å². The molecule has 2 fully saturated rings. The van der Waals surface area contributed by atoms with E-state index in [9.17, 15) is 19.2 Å². The number of pyridine rings is 1. The van der Waals surface area contributed by atoms with E-state index in [0.717, 1.165) is 17.2 Å². The number of rotatable bonds is 14. The van der Waals surface area contributed by atoms with E-state index in [2.05, 4.69) is 4.98 Å². The van der Waals surface area contributed by atoms with Gasteiger partial charge < -0.3 is 28.7 Å². The molecule has 1 aliphatic heterocycles. The number of aromatic nitrogens is 1. The molecule has 48 heavy (non-hydrogen) atoms. The van der Waals surface area contributed by atoms with Gasteiger partial charge >= 0.3 is 11.9 Å². The summed E-state index contributed by atoms with van der Waals surface area (Å²) in [5, 5.41) is 1.65. The number of methoxy groups -OCH3 is 2. The Labute approximate surface area is 284 Å². The van der Waals surface area contributed by atoms with Gasteiger partial charge in [-0.1, -0.05) is 34.1 Å². The molecule has 1 aromatic heterocycles. The SMILES string of the molecule is CC[C@@H]1C[C@]1(CC(=O)[C@@H]1C[C@@H](Oc2nccc3cc(OC)ccc23)CN1C(=O)[C@@H](CC(=O)OC(C)(C)CN(C)C)C(C)(C)C)C(=O)OC. The van der Waals surface area contributed by atoms with Crippen LogP contribution in [0.2, 0.25) is 0 Å². The predicted molar refractivity (Wildman–Crippen MR) is 182 cm³/mol. The third kappa shape index (κ3) is 8.28. The molecule has 1 saturated heterocycles. The summed E-state index contributed by atoms with van der Waals surface area (Å²) < 4.78 is 22.8. The molecule has 1 aromatic carbocycles. The summed E-state index contributed by atoms with van der Waals surface area (Å²) in [6.45, 7) is 12.0. The van der Waals surface area contributed by atoms with Crippen molar-refractivity contribution in [3.8, 4) is 11.6 Å². The van der Waals surface area contributed by atoms with Crippen molar-refractivity contribution in [2.45, 2.75) is 91.4 Å². The molecule has 5 atom stereocenters. The van der Waals surface area contributed by atoms with Gasteiger partial charge in [0, 0.05) is 31.0 Å². The summed E-state index contributed by atoms with van der Waals surface area (Å²) in [5.41, 5.74) is -2.26. The molecule has 0 N–H and O–H groups in total. The first-order valence-corrected chi connectivity index (χ1v) is 16.8. The number of likely N-dealkylation sites (N-methyl/N-ethyl adjacent to an activating group) is 1. The first-order valence-electron chi connectivity index (χ1n) is 16.8. The van der Waals surface area contributed by atoms with Gasteiger partial charge in [-0.15, -0.1) is 0 Å². The van der Waals surface area contributed by atoms with Gasteiger partial charge in [-0.25, -0.2) is 4.98 Å². The molecule has 2 aliphatic rings. The first kappa shape index (κ1) is 37.1. The van der Waals surface area contributed by atoms with Crippen molar-refractivity contribution in [1.29, 1.82) is 0 Å². The van der Waals surface area contributed by atoms with Crippen LogP contribution in [0.25, 0.3) is 10.8 Å². The third-order valence-electron chi connectivity index (χ3n) is 9.74. The lowest BCUT2D eigenvalue weighted by atomic mass is 9.77. The molecule has 11 heteroatoms. The van der Waals surface area contributed by atoms with Crippen molar-refractivity contribution < 1.29 is 38.1 Å². The van der Waals surface area contributed by atoms with Crippen molar-refractivity contribution in [3.63, 3.8) is 0 Å². The molecule has 0 spiro atoms. The van der Waals surface area contributed by atoms with Crippen LogP contribution < -0.4 is 9.47 Å². The third-order valence-corrected chi connectivity index (χ3v) is 9.74. The van der Waals surface area contributed by atoms with Crippen LogP contribution in [0, 0.1) is 22.7 Å². The Bertz CT molecular complexity index is 1520. The van der Waals surface area contributed by atoms with Crippen molar-refractivity contribution >= 4 is 34.4 Å². The summed E-state index contributed by atoms with van der Waals surface area (Å²) >= 11 is 0. The highest BCUT2D eigenvalue weighted by molar-refractivity contribution is 5.96. The van der Waals surface area contributed by atoms with E-state index in [4.69, 9.17) is 18.9 Å². The van der Waals surface area contributed by atoms with Gasteiger partial charge in [0.2, 0.25) is 11.8 Å². The molecule has 0 radical (unpaired) electrons. The van der Waals surface area contributed by atoms with Gasteiger partial charge in [0.05, 0.1) is 44.6 Å². The maximum atomic E-state index is 14.5. The van der Waals surface area contributed by atoms with E-state index in [1.165, 1.54) is 7.11 Å². The fraction of sp³-hybridized carbons (Fsp3) is 0.649. The number of nitrogens with zero attached hydrogens (tertiary/aromatic N) is 3. The van der Waals surface area contributed by atoms with Crippen molar-refractivity contribution in [2.24, 2.45) is 22.7 Å². The fourth-order valence-corrected chi connectivity index (χ4v) is 7.30. The number of hydrogen-bond acceptors (Lipinski definition) is 10. The number of benzene rings is 1. The molecule has 0 bridgehead atoms. The second-order valence-electron chi connectivity index (χ2n) is 15.4. The number of fused-ring (bicyclic) bond motifs is 1.